The Hall–Kier alpha value is -1.66. The van der Waals surface area contributed by atoms with Crippen LogP contribution in [0.1, 0.15) is 51.7 Å². The standard InChI is InChI=1S/C19H24ClNO2/c1-13(21-18(22)23-19(2,3)4)11-16-10-9-15(12-17(16)20)8-7-14-5-6-14/h9-10,12-14H,5-6,11H2,1-4H3,(H,21,22). The molecule has 1 saturated carbocycles. The second kappa shape index (κ2) is 7.27. The van der Waals surface area contributed by atoms with Gasteiger partial charge in [0.1, 0.15) is 5.60 Å². The molecule has 1 N–H and O–H groups in total. The molecule has 0 aliphatic heterocycles. The molecule has 1 fully saturated rings. The molecule has 0 saturated heterocycles. The minimum Gasteiger partial charge on any atom is -0.444 e. The number of carbonyl (C=O) groups is 1. The number of benzene rings is 1. The molecule has 1 aliphatic rings. The molecule has 1 aromatic carbocycles. The molecule has 0 bridgehead atoms. The highest BCUT2D eigenvalue weighted by Gasteiger charge is 2.19. The first-order valence-electron chi connectivity index (χ1n) is 8.02. The van der Waals surface area contributed by atoms with Gasteiger partial charge in [0.2, 0.25) is 0 Å². The number of hydrogen-bond acceptors (Lipinski definition) is 2. The van der Waals surface area contributed by atoms with Crippen LogP contribution in [-0.2, 0) is 11.2 Å². The molecule has 0 spiro atoms. The van der Waals surface area contributed by atoms with E-state index in [0.29, 0.717) is 17.4 Å². The van der Waals surface area contributed by atoms with E-state index in [-0.39, 0.29) is 6.04 Å². The third-order valence-corrected chi connectivity index (χ3v) is 3.69. The topological polar surface area (TPSA) is 38.3 Å². The van der Waals surface area contributed by atoms with Gasteiger partial charge in [0.05, 0.1) is 0 Å². The molecular formula is C19H24ClNO2. The lowest BCUT2D eigenvalue weighted by molar-refractivity contribution is 0.0508. The molecule has 2 rings (SSSR count). The zero-order chi connectivity index (χ0) is 17.0. The van der Waals surface area contributed by atoms with Gasteiger partial charge in [0, 0.05) is 22.5 Å². The van der Waals surface area contributed by atoms with Crippen LogP contribution in [0.5, 0.6) is 0 Å². The third kappa shape index (κ3) is 6.54. The Bertz CT molecular complexity index is 633. The first-order valence-corrected chi connectivity index (χ1v) is 8.40. The van der Waals surface area contributed by atoms with Gasteiger partial charge in [-0.1, -0.05) is 29.5 Å². The fourth-order valence-electron chi connectivity index (χ4n) is 2.09. The smallest absolute Gasteiger partial charge is 0.407 e. The molecule has 1 aliphatic carbocycles. The van der Waals surface area contributed by atoms with E-state index in [1.165, 1.54) is 12.8 Å². The highest BCUT2D eigenvalue weighted by atomic mass is 35.5. The van der Waals surface area contributed by atoms with E-state index in [2.05, 4.69) is 17.2 Å². The minimum atomic E-state index is -0.497. The lowest BCUT2D eigenvalue weighted by Gasteiger charge is -2.22. The number of ether oxygens (including phenoxy) is 1. The molecule has 3 nitrogen and oxygen atoms in total. The van der Waals surface area contributed by atoms with E-state index in [4.69, 9.17) is 16.3 Å². The summed E-state index contributed by atoms with van der Waals surface area (Å²) in [6.45, 7) is 7.46. The highest BCUT2D eigenvalue weighted by Crippen LogP contribution is 2.28. The number of halogens is 1. The summed E-state index contributed by atoms with van der Waals surface area (Å²) in [6, 6.07) is 5.79. The van der Waals surface area contributed by atoms with Crippen LogP contribution >= 0.6 is 11.6 Å². The van der Waals surface area contributed by atoms with Gasteiger partial charge in [0.25, 0.3) is 0 Å². The minimum absolute atomic E-state index is 0.0641. The number of rotatable bonds is 3. The predicted octanol–water partition coefficient (Wildman–Crippen LogP) is 4.56. The van der Waals surface area contributed by atoms with Crippen molar-refractivity contribution in [2.45, 2.75) is 58.6 Å². The number of amides is 1. The Morgan fingerprint density at radius 3 is 2.70 bits per heavy atom. The summed E-state index contributed by atoms with van der Waals surface area (Å²) in [5, 5.41) is 3.51. The molecule has 1 aromatic rings. The SMILES string of the molecule is CC(Cc1ccc(C#CC2CC2)cc1Cl)NC(=O)OC(C)(C)C. The average Bonchev–Trinajstić information content (AvgIpc) is 3.20. The molecule has 4 heteroatoms. The van der Waals surface area contributed by atoms with Gasteiger partial charge in [-0.3, -0.25) is 0 Å². The summed E-state index contributed by atoms with van der Waals surface area (Å²) in [5.41, 5.74) is 1.44. The Labute approximate surface area is 143 Å². The average molecular weight is 334 g/mol. The van der Waals surface area contributed by atoms with Crippen LogP contribution in [0, 0.1) is 17.8 Å². The second-order valence-electron chi connectivity index (χ2n) is 7.10. The first kappa shape index (κ1) is 17.7. The van der Waals surface area contributed by atoms with E-state index < -0.39 is 11.7 Å². The molecule has 0 aromatic heterocycles. The molecule has 1 amide bonds. The summed E-state index contributed by atoms with van der Waals surface area (Å²) in [7, 11) is 0. The maximum atomic E-state index is 11.8. The van der Waals surface area contributed by atoms with Crippen LogP contribution in [0.15, 0.2) is 18.2 Å². The van der Waals surface area contributed by atoms with Gasteiger partial charge >= 0.3 is 6.09 Å². The summed E-state index contributed by atoms with van der Waals surface area (Å²) >= 11 is 6.34. The maximum Gasteiger partial charge on any atom is 0.407 e. The van der Waals surface area contributed by atoms with Gasteiger partial charge in [-0.25, -0.2) is 4.79 Å². The molecule has 1 atom stereocenters. The van der Waals surface area contributed by atoms with Crippen molar-refractivity contribution in [3.63, 3.8) is 0 Å². The molecule has 0 heterocycles. The monoisotopic (exact) mass is 333 g/mol. The summed E-state index contributed by atoms with van der Waals surface area (Å²) in [4.78, 5) is 11.8. The lowest BCUT2D eigenvalue weighted by Crippen LogP contribution is -2.38. The Morgan fingerprint density at radius 1 is 1.43 bits per heavy atom. The zero-order valence-electron chi connectivity index (χ0n) is 14.2. The van der Waals surface area contributed by atoms with Gasteiger partial charge < -0.3 is 10.1 Å². The van der Waals surface area contributed by atoms with Crippen LogP contribution in [0.2, 0.25) is 5.02 Å². The number of carbonyl (C=O) groups excluding carboxylic acids is 1. The van der Waals surface area contributed by atoms with Crippen molar-refractivity contribution in [1.29, 1.82) is 0 Å². The maximum absolute atomic E-state index is 11.8. The molecule has 124 valence electrons. The third-order valence-electron chi connectivity index (χ3n) is 3.34. The van der Waals surface area contributed by atoms with Crippen molar-refractivity contribution in [3.05, 3.63) is 34.3 Å². The van der Waals surface area contributed by atoms with Gasteiger partial charge in [0.15, 0.2) is 0 Å². The Balaban J connectivity index is 1.91. The molecule has 1 unspecified atom stereocenters. The Morgan fingerprint density at radius 2 is 2.13 bits per heavy atom. The molecular weight excluding hydrogens is 310 g/mol. The van der Waals surface area contributed by atoms with E-state index in [0.717, 1.165) is 11.1 Å². The van der Waals surface area contributed by atoms with Crippen molar-refractivity contribution >= 4 is 17.7 Å². The van der Waals surface area contributed by atoms with Crippen LogP contribution in [0.25, 0.3) is 0 Å². The zero-order valence-corrected chi connectivity index (χ0v) is 15.0. The summed E-state index contributed by atoms with van der Waals surface area (Å²) in [5.74, 6) is 6.96. The van der Waals surface area contributed by atoms with Crippen molar-refractivity contribution < 1.29 is 9.53 Å². The van der Waals surface area contributed by atoms with Gasteiger partial charge in [-0.05, 0) is 64.7 Å². The van der Waals surface area contributed by atoms with Crippen molar-refractivity contribution in [2.24, 2.45) is 5.92 Å². The fraction of sp³-hybridized carbons (Fsp3) is 0.526. The van der Waals surface area contributed by atoms with E-state index in [1.54, 1.807) is 0 Å². The second-order valence-corrected chi connectivity index (χ2v) is 7.51. The largest absolute Gasteiger partial charge is 0.444 e. The lowest BCUT2D eigenvalue weighted by atomic mass is 10.0. The summed E-state index contributed by atoms with van der Waals surface area (Å²) in [6.07, 6.45) is 2.67. The summed E-state index contributed by atoms with van der Waals surface area (Å²) < 4.78 is 5.25. The van der Waals surface area contributed by atoms with Crippen molar-refractivity contribution in [3.8, 4) is 11.8 Å². The number of alkyl carbamates (subject to hydrolysis) is 1. The normalized spacial score (nSPS) is 15.3. The van der Waals surface area contributed by atoms with E-state index in [9.17, 15) is 4.79 Å². The highest BCUT2D eigenvalue weighted by molar-refractivity contribution is 6.31. The quantitative estimate of drug-likeness (QED) is 0.824. The van der Waals surface area contributed by atoms with Crippen LogP contribution in [-0.4, -0.2) is 17.7 Å². The van der Waals surface area contributed by atoms with E-state index >= 15 is 0 Å². The van der Waals surface area contributed by atoms with Crippen molar-refractivity contribution in [1.82, 2.24) is 5.32 Å². The van der Waals surface area contributed by atoms with Crippen LogP contribution in [0.3, 0.4) is 0 Å². The van der Waals surface area contributed by atoms with Gasteiger partial charge in [-0.15, -0.1) is 0 Å². The van der Waals surface area contributed by atoms with Gasteiger partial charge in [-0.2, -0.15) is 0 Å². The van der Waals surface area contributed by atoms with Crippen molar-refractivity contribution in [2.75, 3.05) is 0 Å². The predicted molar refractivity (Wildman–Crippen MR) is 93.6 cm³/mol. The first-order chi connectivity index (χ1) is 10.7. The number of nitrogens with one attached hydrogen (secondary N) is 1. The number of hydrogen-bond donors (Lipinski definition) is 1. The van der Waals surface area contributed by atoms with Crippen LogP contribution in [0.4, 0.5) is 4.79 Å². The van der Waals surface area contributed by atoms with E-state index in [1.807, 2.05) is 45.9 Å². The van der Waals surface area contributed by atoms with Crippen LogP contribution < -0.4 is 5.32 Å². The molecule has 23 heavy (non-hydrogen) atoms. The fourth-order valence-corrected chi connectivity index (χ4v) is 2.35. The molecule has 0 radical (unpaired) electrons. The Kier molecular flexibility index (Phi) is 5.59.